The molecule has 0 aromatic heterocycles. The Hall–Kier alpha value is -4.71. The number of methoxy groups -OCH3 is 1. The molecule has 0 fully saturated rings. The van der Waals surface area contributed by atoms with Crippen molar-refractivity contribution in [2.45, 2.75) is 6.61 Å². The Morgan fingerprint density at radius 2 is 1.97 bits per heavy atom. The number of ether oxygens (including phenoxy) is 2. The second-order valence-corrected chi connectivity index (χ2v) is 6.71. The first kappa shape index (κ1) is 23.0. The van der Waals surface area contributed by atoms with Gasteiger partial charge in [-0.05, 0) is 59.7 Å². The second-order valence-electron chi connectivity index (χ2n) is 6.71. The molecule has 0 atom stereocenters. The van der Waals surface area contributed by atoms with Gasteiger partial charge in [0.05, 0.1) is 36.1 Å². The van der Waals surface area contributed by atoms with Gasteiger partial charge in [-0.1, -0.05) is 12.1 Å². The summed E-state index contributed by atoms with van der Waals surface area (Å²) in [5.41, 5.74) is 3.52. The van der Waals surface area contributed by atoms with Gasteiger partial charge in [-0.15, -0.1) is 0 Å². The van der Waals surface area contributed by atoms with E-state index in [4.69, 9.17) is 19.8 Å². The molecule has 0 aliphatic carbocycles. The third-order valence-corrected chi connectivity index (χ3v) is 4.48. The molecule has 0 spiro atoms. The summed E-state index contributed by atoms with van der Waals surface area (Å²) >= 11 is 0. The standard InChI is InChI=1S/C24H18FN3O5/c1-32-22-11-16(13-27-28-23(29)19-7-5-15(12-26)10-20(19)25)6-8-21(22)33-14-17-3-2-4-18(9-17)24(30)31/h2-11,13H,14H2,1H3,(H,28,29)(H,30,31)/b27-13+. The Balaban J connectivity index is 1.65. The minimum atomic E-state index is -1.02. The molecular weight excluding hydrogens is 429 g/mol. The number of benzene rings is 3. The van der Waals surface area contributed by atoms with Crippen molar-refractivity contribution < 1.29 is 28.6 Å². The summed E-state index contributed by atoms with van der Waals surface area (Å²) in [5.74, 6) is -1.77. The molecule has 9 heteroatoms. The zero-order valence-electron chi connectivity index (χ0n) is 17.4. The first-order valence-corrected chi connectivity index (χ1v) is 9.57. The average molecular weight is 447 g/mol. The first-order chi connectivity index (χ1) is 15.9. The van der Waals surface area contributed by atoms with Crippen LogP contribution in [0.15, 0.2) is 65.8 Å². The molecule has 0 saturated carbocycles. The van der Waals surface area contributed by atoms with E-state index in [0.717, 1.165) is 6.07 Å². The van der Waals surface area contributed by atoms with Crippen LogP contribution in [0.2, 0.25) is 0 Å². The maximum atomic E-state index is 13.9. The Labute approximate surface area is 188 Å². The van der Waals surface area contributed by atoms with Gasteiger partial charge in [-0.25, -0.2) is 14.6 Å². The molecule has 0 radical (unpaired) electrons. The van der Waals surface area contributed by atoms with Crippen molar-refractivity contribution in [1.29, 1.82) is 5.26 Å². The maximum Gasteiger partial charge on any atom is 0.335 e. The summed E-state index contributed by atoms with van der Waals surface area (Å²) < 4.78 is 25.0. The lowest BCUT2D eigenvalue weighted by Gasteiger charge is -2.11. The Morgan fingerprint density at radius 3 is 2.67 bits per heavy atom. The molecule has 166 valence electrons. The quantitative estimate of drug-likeness (QED) is 0.401. The Bertz CT molecular complexity index is 1270. The molecule has 3 aromatic rings. The van der Waals surface area contributed by atoms with Gasteiger partial charge < -0.3 is 14.6 Å². The number of amides is 1. The molecule has 0 bridgehead atoms. The normalized spacial score (nSPS) is 10.5. The minimum Gasteiger partial charge on any atom is -0.493 e. The molecule has 0 heterocycles. The van der Waals surface area contributed by atoms with Gasteiger partial charge in [0.1, 0.15) is 12.4 Å². The van der Waals surface area contributed by atoms with E-state index in [1.165, 1.54) is 37.6 Å². The number of halogens is 1. The highest BCUT2D eigenvalue weighted by Crippen LogP contribution is 2.28. The predicted molar refractivity (Wildman–Crippen MR) is 117 cm³/mol. The van der Waals surface area contributed by atoms with E-state index in [9.17, 15) is 14.0 Å². The largest absolute Gasteiger partial charge is 0.493 e. The van der Waals surface area contributed by atoms with Gasteiger partial charge in [0.25, 0.3) is 5.91 Å². The predicted octanol–water partition coefficient (Wildman–Crippen LogP) is 3.75. The molecule has 3 aromatic carbocycles. The zero-order valence-corrected chi connectivity index (χ0v) is 17.4. The van der Waals surface area contributed by atoms with Crippen LogP contribution in [0.1, 0.15) is 37.4 Å². The maximum absolute atomic E-state index is 13.9. The monoisotopic (exact) mass is 447 g/mol. The average Bonchev–Trinajstić information content (AvgIpc) is 2.82. The van der Waals surface area contributed by atoms with Crippen molar-refractivity contribution in [3.8, 4) is 17.6 Å². The third-order valence-electron chi connectivity index (χ3n) is 4.48. The molecule has 2 N–H and O–H groups in total. The fourth-order valence-electron chi connectivity index (χ4n) is 2.83. The van der Waals surface area contributed by atoms with Crippen molar-refractivity contribution in [3.63, 3.8) is 0 Å². The number of nitrogens with one attached hydrogen (secondary N) is 1. The van der Waals surface area contributed by atoms with E-state index in [1.807, 2.05) is 0 Å². The number of nitriles is 1. The highest BCUT2D eigenvalue weighted by atomic mass is 19.1. The smallest absolute Gasteiger partial charge is 0.335 e. The van der Waals surface area contributed by atoms with Crippen LogP contribution in [0.25, 0.3) is 0 Å². The number of carbonyl (C=O) groups excluding carboxylic acids is 1. The number of carboxylic acids is 1. The molecule has 0 saturated heterocycles. The van der Waals surface area contributed by atoms with Gasteiger partial charge >= 0.3 is 5.97 Å². The van der Waals surface area contributed by atoms with Crippen LogP contribution in [0, 0.1) is 17.1 Å². The van der Waals surface area contributed by atoms with Gasteiger partial charge in [0, 0.05) is 0 Å². The van der Waals surface area contributed by atoms with Crippen LogP contribution in [0.3, 0.4) is 0 Å². The number of aromatic carboxylic acids is 1. The summed E-state index contributed by atoms with van der Waals surface area (Å²) in [4.78, 5) is 23.2. The van der Waals surface area contributed by atoms with Crippen LogP contribution in [-0.2, 0) is 6.61 Å². The van der Waals surface area contributed by atoms with Gasteiger partial charge in [-0.2, -0.15) is 10.4 Å². The first-order valence-electron chi connectivity index (χ1n) is 9.57. The fourth-order valence-corrected chi connectivity index (χ4v) is 2.83. The van der Waals surface area contributed by atoms with Crippen molar-refractivity contribution in [1.82, 2.24) is 5.43 Å². The topological polar surface area (TPSA) is 121 Å². The van der Waals surface area contributed by atoms with Crippen LogP contribution in [-0.4, -0.2) is 30.3 Å². The molecule has 0 aliphatic heterocycles. The van der Waals surface area contributed by atoms with Gasteiger partial charge in [0.15, 0.2) is 11.5 Å². The molecule has 33 heavy (non-hydrogen) atoms. The van der Waals surface area contributed by atoms with Crippen molar-refractivity contribution in [3.05, 3.63) is 94.3 Å². The zero-order chi connectivity index (χ0) is 23.8. The van der Waals surface area contributed by atoms with Crippen LogP contribution >= 0.6 is 0 Å². The van der Waals surface area contributed by atoms with E-state index >= 15 is 0 Å². The molecule has 0 aliphatic rings. The lowest BCUT2D eigenvalue weighted by molar-refractivity contribution is 0.0696. The molecule has 0 unspecified atom stereocenters. The summed E-state index contributed by atoms with van der Waals surface area (Å²) in [7, 11) is 1.46. The molecule has 1 amide bonds. The van der Waals surface area contributed by atoms with Crippen molar-refractivity contribution >= 4 is 18.1 Å². The van der Waals surface area contributed by atoms with E-state index < -0.39 is 17.7 Å². The SMILES string of the molecule is COc1cc(/C=N/NC(=O)c2ccc(C#N)cc2F)ccc1OCc1cccc(C(=O)O)c1. The minimum absolute atomic E-state index is 0.108. The van der Waals surface area contributed by atoms with E-state index in [2.05, 4.69) is 10.5 Å². The fraction of sp³-hybridized carbons (Fsp3) is 0.0833. The lowest BCUT2D eigenvalue weighted by Crippen LogP contribution is -2.19. The number of hydrogen-bond acceptors (Lipinski definition) is 6. The molecule has 8 nitrogen and oxygen atoms in total. The molecular formula is C24H18FN3O5. The van der Waals surface area contributed by atoms with E-state index in [0.29, 0.717) is 22.6 Å². The number of carboxylic acid groups (broad SMARTS) is 1. The van der Waals surface area contributed by atoms with E-state index in [1.54, 1.807) is 36.4 Å². The summed E-state index contributed by atoms with van der Waals surface area (Å²) in [6.45, 7) is 0.136. The third kappa shape index (κ3) is 5.92. The Morgan fingerprint density at radius 1 is 1.15 bits per heavy atom. The number of nitrogens with zero attached hydrogens (tertiary/aromatic N) is 2. The van der Waals surface area contributed by atoms with Gasteiger partial charge in [-0.3, -0.25) is 4.79 Å². The van der Waals surface area contributed by atoms with Crippen molar-refractivity contribution in [2.24, 2.45) is 5.10 Å². The van der Waals surface area contributed by atoms with Crippen LogP contribution in [0.5, 0.6) is 11.5 Å². The summed E-state index contributed by atoms with van der Waals surface area (Å²) in [6, 6.07) is 16.7. The highest BCUT2D eigenvalue weighted by molar-refractivity contribution is 5.95. The summed E-state index contributed by atoms with van der Waals surface area (Å²) in [6.07, 6.45) is 1.35. The number of rotatable bonds is 8. The number of hydrazone groups is 1. The number of hydrogen-bond donors (Lipinski definition) is 2. The van der Waals surface area contributed by atoms with Crippen molar-refractivity contribution in [2.75, 3.05) is 7.11 Å². The van der Waals surface area contributed by atoms with Crippen LogP contribution in [0.4, 0.5) is 4.39 Å². The second kappa shape index (κ2) is 10.5. The van der Waals surface area contributed by atoms with Gasteiger partial charge in [0.2, 0.25) is 0 Å². The van der Waals surface area contributed by atoms with Crippen LogP contribution < -0.4 is 14.9 Å². The Kier molecular flexibility index (Phi) is 7.34. The number of carbonyl (C=O) groups is 2. The molecule has 3 rings (SSSR count). The highest BCUT2D eigenvalue weighted by Gasteiger charge is 2.12. The van der Waals surface area contributed by atoms with E-state index in [-0.39, 0.29) is 23.3 Å². The lowest BCUT2D eigenvalue weighted by atomic mass is 10.1. The summed E-state index contributed by atoms with van der Waals surface area (Å²) in [5, 5.41) is 21.7.